The molecule has 0 unspecified atom stereocenters. The molecule has 2 amide bonds. The number of β-amino-alcohol motifs (C(OH)–C–C–N with tert-alkyl or cyclic N) is 1. The Balaban J connectivity index is 1.46. The molecule has 0 spiro atoms. The third-order valence-corrected chi connectivity index (χ3v) is 7.62. The first-order valence-electron chi connectivity index (χ1n) is 11.8. The zero-order valence-electron chi connectivity index (χ0n) is 20.0. The van der Waals surface area contributed by atoms with Crippen LogP contribution in [0.3, 0.4) is 0 Å². The van der Waals surface area contributed by atoms with Crippen molar-refractivity contribution in [1.29, 1.82) is 0 Å². The van der Waals surface area contributed by atoms with E-state index in [1.807, 2.05) is 43.7 Å². The summed E-state index contributed by atoms with van der Waals surface area (Å²) in [4.78, 5) is 32.3. The Labute approximate surface area is 207 Å². The number of pyridine rings is 1. The number of likely N-dealkylation sites (tertiary alicyclic amines) is 1. The van der Waals surface area contributed by atoms with Gasteiger partial charge >= 0.3 is 0 Å². The highest BCUT2D eigenvalue weighted by Gasteiger charge is 2.27. The number of rotatable bonds is 6. The maximum atomic E-state index is 12.9. The van der Waals surface area contributed by atoms with Crippen LogP contribution in [0, 0.1) is 6.92 Å². The molecule has 1 saturated heterocycles. The first-order valence-corrected chi connectivity index (χ1v) is 12.6. The van der Waals surface area contributed by atoms with Crippen molar-refractivity contribution in [2.75, 3.05) is 19.6 Å². The lowest BCUT2D eigenvalue weighted by molar-refractivity contribution is 0.0769. The fraction of sp³-hybridized carbons (Fsp3) is 0.346. The van der Waals surface area contributed by atoms with Crippen LogP contribution in [0.15, 0.2) is 36.5 Å². The topological polar surface area (TPSA) is 96.7 Å². The second-order valence-corrected chi connectivity index (χ2v) is 9.94. The Hall–Kier alpha value is -3.43. The lowest BCUT2D eigenvalue weighted by atomic mass is 10.1. The molecule has 8 nitrogen and oxygen atoms in total. The number of nitrogens with zero attached hydrogens (tertiary/aromatic N) is 3. The molecule has 3 aromatic heterocycles. The van der Waals surface area contributed by atoms with Gasteiger partial charge < -0.3 is 24.6 Å². The quantitative estimate of drug-likeness (QED) is 0.420. The minimum absolute atomic E-state index is 0.0687. The molecule has 0 aliphatic carbocycles. The number of hydrogen-bond donors (Lipinski definition) is 2. The third-order valence-electron chi connectivity index (χ3n) is 6.49. The van der Waals surface area contributed by atoms with E-state index >= 15 is 0 Å². The fourth-order valence-corrected chi connectivity index (χ4v) is 5.56. The number of carbonyl (C=O) groups is 2. The van der Waals surface area contributed by atoms with Crippen molar-refractivity contribution in [3.05, 3.63) is 52.7 Å². The van der Waals surface area contributed by atoms with E-state index < -0.39 is 6.10 Å². The molecule has 2 N–H and O–H groups in total. The molecule has 35 heavy (non-hydrogen) atoms. The Morgan fingerprint density at radius 3 is 2.86 bits per heavy atom. The molecular formula is C26H28N4O4S. The third kappa shape index (κ3) is 4.26. The summed E-state index contributed by atoms with van der Waals surface area (Å²) < 4.78 is 9.04. The molecule has 1 aliphatic rings. The van der Waals surface area contributed by atoms with Gasteiger partial charge in [0.15, 0.2) is 0 Å². The maximum absolute atomic E-state index is 12.9. The van der Waals surface area contributed by atoms with Gasteiger partial charge in [-0.25, -0.2) is 0 Å². The van der Waals surface area contributed by atoms with Crippen molar-refractivity contribution in [2.24, 2.45) is 7.05 Å². The van der Waals surface area contributed by atoms with Gasteiger partial charge in [0.2, 0.25) is 0 Å². The number of hydrogen-bond acceptors (Lipinski definition) is 6. The largest absolute Gasteiger partial charge is 0.456 e. The zero-order chi connectivity index (χ0) is 24.7. The average Bonchev–Trinajstić information content (AvgIpc) is 3.55. The summed E-state index contributed by atoms with van der Waals surface area (Å²) in [5.41, 5.74) is 3.18. The van der Waals surface area contributed by atoms with Crippen molar-refractivity contribution in [1.82, 2.24) is 19.8 Å². The number of aromatic nitrogens is 2. The predicted octanol–water partition coefficient (Wildman–Crippen LogP) is 4.24. The van der Waals surface area contributed by atoms with Crippen LogP contribution in [0.2, 0.25) is 0 Å². The Bertz CT molecular complexity index is 1440. The van der Waals surface area contributed by atoms with Gasteiger partial charge in [-0.3, -0.25) is 14.6 Å². The normalized spacial score (nSPS) is 15.8. The highest BCUT2D eigenvalue weighted by atomic mass is 32.1. The molecule has 1 aliphatic heterocycles. The number of carbonyl (C=O) groups excluding carboxylic acids is 2. The van der Waals surface area contributed by atoms with Gasteiger partial charge in [-0.1, -0.05) is 6.92 Å². The van der Waals surface area contributed by atoms with Gasteiger partial charge in [0, 0.05) is 56.1 Å². The molecule has 4 heterocycles. The lowest BCUT2D eigenvalue weighted by Crippen LogP contribution is -2.28. The zero-order valence-corrected chi connectivity index (χ0v) is 20.8. The standard InChI is InChI=1S/C26H28N4O4S/c1-4-9-28-25(32)23-15(2)29(3)20-12-17(5-6-18(20)23)34-21-7-10-27-19-13-22(35-24(19)21)26(33)30-11-8-16(31)14-30/h5-7,10,12-13,16,31H,4,8-9,11,14H2,1-3H3,(H,28,32)/t16-/m1/s1. The molecule has 182 valence electrons. The van der Waals surface area contributed by atoms with E-state index in [0.29, 0.717) is 53.5 Å². The van der Waals surface area contributed by atoms with Crippen molar-refractivity contribution < 1.29 is 19.4 Å². The van der Waals surface area contributed by atoms with Crippen LogP contribution in [0.4, 0.5) is 0 Å². The van der Waals surface area contributed by atoms with Crippen LogP contribution in [-0.2, 0) is 7.05 Å². The first kappa shape index (κ1) is 23.3. The molecule has 0 bridgehead atoms. The molecule has 5 rings (SSSR count). The van der Waals surface area contributed by atoms with E-state index in [1.54, 1.807) is 23.2 Å². The number of thiophene rings is 1. The van der Waals surface area contributed by atoms with E-state index in [4.69, 9.17) is 4.74 Å². The van der Waals surface area contributed by atoms with Crippen molar-refractivity contribution in [3.8, 4) is 11.5 Å². The van der Waals surface area contributed by atoms with Crippen LogP contribution in [0.25, 0.3) is 21.1 Å². The Kier molecular flexibility index (Phi) is 6.21. The minimum Gasteiger partial charge on any atom is -0.456 e. The van der Waals surface area contributed by atoms with Gasteiger partial charge in [-0.2, -0.15) is 0 Å². The van der Waals surface area contributed by atoms with Gasteiger partial charge in [0.05, 0.1) is 32.3 Å². The summed E-state index contributed by atoms with van der Waals surface area (Å²) >= 11 is 1.35. The van der Waals surface area contributed by atoms with Crippen LogP contribution in [0.1, 0.15) is 45.5 Å². The van der Waals surface area contributed by atoms with Crippen molar-refractivity contribution in [2.45, 2.75) is 32.8 Å². The van der Waals surface area contributed by atoms with Crippen molar-refractivity contribution in [3.63, 3.8) is 0 Å². The summed E-state index contributed by atoms with van der Waals surface area (Å²) in [5.74, 6) is 1.09. The monoisotopic (exact) mass is 492 g/mol. The summed E-state index contributed by atoms with van der Waals surface area (Å²) in [6, 6.07) is 9.27. The highest BCUT2D eigenvalue weighted by molar-refractivity contribution is 7.21. The van der Waals surface area contributed by atoms with Gasteiger partial charge in [0.25, 0.3) is 11.8 Å². The summed E-state index contributed by atoms with van der Waals surface area (Å²) in [6.45, 7) is 5.52. The average molecular weight is 493 g/mol. The molecule has 1 aromatic carbocycles. The number of aryl methyl sites for hydroxylation is 1. The highest BCUT2D eigenvalue weighted by Crippen LogP contribution is 2.37. The van der Waals surface area contributed by atoms with Gasteiger partial charge in [-0.15, -0.1) is 11.3 Å². The van der Waals surface area contributed by atoms with Gasteiger partial charge in [-0.05, 0) is 38.0 Å². The number of amides is 2. The number of ether oxygens (including phenoxy) is 1. The second kappa shape index (κ2) is 9.31. The molecule has 0 saturated carbocycles. The molecule has 1 atom stereocenters. The van der Waals surface area contributed by atoms with Crippen molar-refractivity contribution >= 4 is 44.3 Å². The molecule has 0 radical (unpaired) electrons. The van der Waals surface area contributed by atoms with E-state index in [2.05, 4.69) is 10.3 Å². The minimum atomic E-state index is -0.459. The van der Waals surface area contributed by atoms with E-state index in [-0.39, 0.29) is 11.8 Å². The number of aliphatic hydroxyl groups is 1. The van der Waals surface area contributed by atoms with Crippen LogP contribution in [-0.4, -0.2) is 57.1 Å². The van der Waals surface area contributed by atoms with Gasteiger partial charge in [0.1, 0.15) is 11.5 Å². The maximum Gasteiger partial charge on any atom is 0.264 e. The molecule has 1 fully saturated rings. The Morgan fingerprint density at radius 1 is 1.29 bits per heavy atom. The molecule has 9 heteroatoms. The summed E-state index contributed by atoms with van der Waals surface area (Å²) in [5, 5.41) is 13.6. The second-order valence-electron chi connectivity index (χ2n) is 8.88. The molecule has 4 aromatic rings. The smallest absolute Gasteiger partial charge is 0.264 e. The van der Waals surface area contributed by atoms with E-state index in [0.717, 1.165) is 27.7 Å². The number of nitrogens with one attached hydrogen (secondary N) is 1. The molecular weight excluding hydrogens is 464 g/mol. The predicted molar refractivity (Wildman–Crippen MR) is 137 cm³/mol. The SMILES string of the molecule is CCCNC(=O)c1c(C)n(C)c2cc(Oc3ccnc4cc(C(=O)N5CC[C@@H](O)C5)sc34)ccc12. The number of aliphatic hydroxyl groups excluding tert-OH is 1. The number of fused-ring (bicyclic) bond motifs is 2. The van der Waals surface area contributed by atoms with Crippen LogP contribution in [0.5, 0.6) is 11.5 Å². The number of benzene rings is 1. The van der Waals surface area contributed by atoms with Crippen LogP contribution >= 0.6 is 11.3 Å². The van der Waals surface area contributed by atoms with E-state index in [1.165, 1.54) is 11.3 Å². The summed E-state index contributed by atoms with van der Waals surface area (Å²) in [7, 11) is 1.94. The Morgan fingerprint density at radius 2 is 2.11 bits per heavy atom. The fourth-order valence-electron chi connectivity index (χ4n) is 4.53. The van der Waals surface area contributed by atoms with E-state index in [9.17, 15) is 14.7 Å². The first-order chi connectivity index (χ1) is 16.9. The lowest BCUT2D eigenvalue weighted by Gasteiger charge is -2.13. The van der Waals surface area contributed by atoms with Crippen LogP contribution < -0.4 is 10.1 Å². The summed E-state index contributed by atoms with van der Waals surface area (Å²) in [6.07, 6.45) is 2.69.